The van der Waals surface area contributed by atoms with Crippen molar-refractivity contribution < 1.29 is 18.9 Å². The van der Waals surface area contributed by atoms with Crippen LogP contribution in [0.15, 0.2) is 24.3 Å². The van der Waals surface area contributed by atoms with Gasteiger partial charge in [-0.1, -0.05) is 18.2 Å². The Morgan fingerprint density at radius 2 is 1.63 bits per heavy atom. The van der Waals surface area contributed by atoms with Crippen molar-refractivity contribution in [3.63, 3.8) is 0 Å². The van der Waals surface area contributed by atoms with Crippen LogP contribution in [0.2, 0.25) is 0 Å². The van der Waals surface area contributed by atoms with Gasteiger partial charge in [0.15, 0.2) is 5.82 Å². The Bertz CT molecular complexity index is 934. The third-order valence-electron chi connectivity index (χ3n) is 4.59. The van der Waals surface area contributed by atoms with Crippen molar-refractivity contribution in [1.29, 1.82) is 0 Å². The second-order valence-electron chi connectivity index (χ2n) is 6.65. The second kappa shape index (κ2) is 12.1. The number of benzene rings is 1. The number of nitrogen functional groups attached to an aromatic ring is 1. The van der Waals surface area contributed by atoms with Crippen LogP contribution in [0, 0.1) is 0 Å². The number of nitrogens with zero attached hydrogens (tertiary/aromatic N) is 3. The Hall–Kier alpha value is -1.83. The van der Waals surface area contributed by atoms with Crippen LogP contribution >= 0.6 is 9.24 Å². The normalized spacial score (nSPS) is 11.7. The molecule has 0 spiro atoms. The molecule has 0 saturated heterocycles. The molecule has 0 radical (unpaired) electrons. The molecule has 0 aliphatic rings. The molecule has 30 heavy (non-hydrogen) atoms. The van der Waals surface area contributed by atoms with Gasteiger partial charge in [-0.3, -0.25) is 0 Å². The second-order valence-corrected chi connectivity index (χ2v) is 7.23. The van der Waals surface area contributed by atoms with Crippen LogP contribution in [0.25, 0.3) is 21.9 Å². The largest absolute Gasteiger partial charge is 0.382 e. The van der Waals surface area contributed by atoms with Crippen molar-refractivity contribution in [2.24, 2.45) is 0 Å². The lowest BCUT2D eigenvalue weighted by Gasteiger charge is -2.12. The fourth-order valence-corrected chi connectivity index (χ4v) is 3.40. The molecule has 9 heteroatoms. The number of nitrogens with two attached hydrogens (primary N) is 1. The van der Waals surface area contributed by atoms with Gasteiger partial charge >= 0.3 is 0 Å². The van der Waals surface area contributed by atoms with E-state index in [0.29, 0.717) is 64.1 Å². The highest BCUT2D eigenvalue weighted by atomic mass is 31.0. The van der Waals surface area contributed by atoms with Crippen molar-refractivity contribution in [3.8, 4) is 0 Å². The highest BCUT2D eigenvalue weighted by Crippen LogP contribution is 2.29. The summed E-state index contributed by atoms with van der Waals surface area (Å²) >= 11 is 0. The Morgan fingerprint density at radius 1 is 0.933 bits per heavy atom. The van der Waals surface area contributed by atoms with Gasteiger partial charge in [0.25, 0.3) is 0 Å². The monoisotopic (exact) mass is 434 g/mol. The first kappa shape index (κ1) is 22.8. The zero-order chi connectivity index (χ0) is 21.2. The molecule has 2 aromatic heterocycles. The molecule has 2 heterocycles. The van der Waals surface area contributed by atoms with Crippen LogP contribution in [0.3, 0.4) is 0 Å². The van der Waals surface area contributed by atoms with Gasteiger partial charge in [0.05, 0.1) is 50.7 Å². The summed E-state index contributed by atoms with van der Waals surface area (Å²) in [5.41, 5.74) is 8.73. The summed E-state index contributed by atoms with van der Waals surface area (Å²) in [4.78, 5) is 9.22. The molecular formula is C21H31N4O4P. The van der Waals surface area contributed by atoms with Crippen LogP contribution in [0.5, 0.6) is 0 Å². The van der Waals surface area contributed by atoms with Gasteiger partial charge in [-0.2, -0.15) is 0 Å². The van der Waals surface area contributed by atoms with E-state index in [4.69, 9.17) is 29.7 Å². The molecule has 2 N–H and O–H groups in total. The SMILES string of the molecule is CCOCc1nc2c(N)nc3ccccc3c2n1CCOCCOCCOCCP. The molecule has 0 aliphatic carbocycles. The van der Waals surface area contributed by atoms with Crippen LogP contribution in [0.1, 0.15) is 12.7 Å². The van der Waals surface area contributed by atoms with E-state index in [-0.39, 0.29) is 0 Å². The minimum atomic E-state index is 0.415. The average molecular weight is 434 g/mol. The van der Waals surface area contributed by atoms with Crippen LogP contribution < -0.4 is 5.73 Å². The van der Waals surface area contributed by atoms with Crippen molar-refractivity contribution in [1.82, 2.24) is 14.5 Å². The maximum Gasteiger partial charge on any atom is 0.152 e. The number of fused-ring (bicyclic) bond motifs is 3. The molecule has 164 valence electrons. The molecule has 0 aliphatic heterocycles. The van der Waals surface area contributed by atoms with Crippen LogP contribution in [0.4, 0.5) is 5.82 Å². The van der Waals surface area contributed by atoms with Crippen molar-refractivity contribution >= 4 is 37.0 Å². The minimum Gasteiger partial charge on any atom is -0.382 e. The van der Waals surface area contributed by atoms with Crippen LogP contribution in [-0.2, 0) is 32.1 Å². The Kier molecular flexibility index (Phi) is 9.24. The predicted octanol–water partition coefficient (Wildman–Crippen LogP) is 2.63. The van der Waals surface area contributed by atoms with Gasteiger partial charge in [-0.05, 0) is 19.2 Å². The lowest BCUT2D eigenvalue weighted by molar-refractivity contribution is 0.0157. The summed E-state index contributed by atoms with van der Waals surface area (Å²) in [7, 11) is 2.63. The van der Waals surface area contributed by atoms with E-state index < -0.39 is 0 Å². The van der Waals surface area contributed by atoms with Crippen LogP contribution in [-0.4, -0.2) is 66.9 Å². The van der Waals surface area contributed by atoms with Crippen molar-refractivity contribution in [3.05, 3.63) is 30.1 Å². The molecule has 1 unspecified atom stereocenters. The summed E-state index contributed by atoms with van der Waals surface area (Å²) in [6, 6.07) is 7.95. The molecule has 1 atom stereocenters. The predicted molar refractivity (Wildman–Crippen MR) is 122 cm³/mol. The van der Waals surface area contributed by atoms with Crippen molar-refractivity contribution in [2.75, 3.05) is 58.1 Å². The highest BCUT2D eigenvalue weighted by molar-refractivity contribution is 7.16. The third kappa shape index (κ3) is 5.86. The molecule has 8 nitrogen and oxygen atoms in total. The molecule has 0 saturated carbocycles. The van der Waals surface area contributed by atoms with E-state index in [1.165, 1.54) is 0 Å². The number of aromatic nitrogens is 3. The number of para-hydroxylation sites is 1. The molecule has 3 rings (SSSR count). The molecule has 0 bridgehead atoms. The summed E-state index contributed by atoms with van der Waals surface area (Å²) in [6.07, 6.45) is 0.939. The minimum absolute atomic E-state index is 0.415. The Balaban J connectivity index is 1.65. The zero-order valence-corrected chi connectivity index (χ0v) is 18.7. The number of rotatable bonds is 14. The van der Waals surface area contributed by atoms with E-state index in [9.17, 15) is 0 Å². The van der Waals surface area contributed by atoms with E-state index in [1.807, 2.05) is 31.2 Å². The van der Waals surface area contributed by atoms with E-state index in [0.717, 1.165) is 35.0 Å². The first-order chi connectivity index (χ1) is 14.8. The van der Waals surface area contributed by atoms with Crippen molar-refractivity contribution in [2.45, 2.75) is 20.1 Å². The fraction of sp³-hybridized carbons (Fsp3) is 0.524. The standard InChI is InChI=1S/C21H31N4O4P/c1-2-26-15-18-24-19-20(16-5-3-4-6-17(16)23-21(19)22)25(18)7-8-27-9-10-28-11-12-29-13-14-30/h3-6H,2,7-15,30H2,1H3,(H2,22,23). The first-order valence-electron chi connectivity index (χ1n) is 10.3. The molecule has 0 fully saturated rings. The Labute approximate surface area is 179 Å². The number of imidazole rings is 1. The third-order valence-corrected chi connectivity index (χ3v) is 4.83. The number of anilines is 1. The Morgan fingerprint density at radius 3 is 2.37 bits per heavy atom. The van der Waals surface area contributed by atoms with Gasteiger partial charge in [-0.25, -0.2) is 9.97 Å². The molecule has 3 aromatic rings. The number of pyridine rings is 1. The summed E-state index contributed by atoms with van der Waals surface area (Å²) in [5.74, 6) is 1.25. The topological polar surface area (TPSA) is 93.7 Å². The van der Waals surface area contributed by atoms with E-state index >= 15 is 0 Å². The molecule has 0 amide bonds. The quantitative estimate of drug-likeness (QED) is 0.308. The van der Waals surface area contributed by atoms with Gasteiger partial charge in [0.1, 0.15) is 17.9 Å². The van der Waals surface area contributed by atoms with Gasteiger partial charge in [-0.15, -0.1) is 9.24 Å². The smallest absolute Gasteiger partial charge is 0.152 e. The lowest BCUT2D eigenvalue weighted by Crippen LogP contribution is -2.14. The maximum atomic E-state index is 6.20. The summed E-state index contributed by atoms with van der Waals surface area (Å²) < 4.78 is 24.4. The number of hydrogen-bond acceptors (Lipinski definition) is 7. The number of ether oxygens (including phenoxy) is 4. The lowest BCUT2D eigenvalue weighted by atomic mass is 10.2. The fourth-order valence-electron chi connectivity index (χ4n) is 3.23. The van der Waals surface area contributed by atoms with Gasteiger partial charge < -0.3 is 29.2 Å². The van der Waals surface area contributed by atoms with E-state index in [2.05, 4.69) is 18.8 Å². The molecular weight excluding hydrogens is 403 g/mol. The van der Waals surface area contributed by atoms with Gasteiger partial charge in [0, 0.05) is 18.5 Å². The van der Waals surface area contributed by atoms with E-state index in [1.54, 1.807) is 0 Å². The highest BCUT2D eigenvalue weighted by Gasteiger charge is 2.17. The maximum absolute atomic E-state index is 6.20. The molecule has 1 aromatic carbocycles. The van der Waals surface area contributed by atoms with Gasteiger partial charge in [0.2, 0.25) is 0 Å². The average Bonchev–Trinajstić information content (AvgIpc) is 3.13. The number of hydrogen-bond donors (Lipinski definition) is 1. The zero-order valence-electron chi connectivity index (χ0n) is 17.5. The first-order valence-corrected chi connectivity index (χ1v) is 11.1. The summed E-state index contributed by atoms with van der Waals surface area (Å²) in [6.45, 7) is 7.18. The summed E-state index contributed by atoms with van der Waals surface area (Å²) in [5, 5.41) is 1.02.